The zero-order valence-corrected chi connectivity index (χ0v) is 26.4. The molecule has 9 heteroatoms. The Bertz CT molecular complexity index is 872. The summed E-state index contributed by atoms with van der Waals surface area (Å²) in [6, 6.07) is -0.347. The Labute approximate surface area is 253 Å². The number of carboxylic acid groups (broad SMARTS) is 1. The molecule has 4 rings (SSSR count). The van der Waals surface area contributed by atoms with E-state index < -0.39 is 17.9 Å². The van der Waals surface area contributed by atoms with Crippen LogP contribution >= 0.6 is 0 Å². The van der Waals surface area contributed by atoms with E-state index in [9.17, 15) is 19.5 Å². The molecule has 1 saturated heterocycles. The molecule has 2 amide bonds. The normalized spacial score (nSPS) is 33.7. The fourth-order valence-electron chi connectivity index (χ4n) is 8.43. The number of hydrogen-bond donors (Lipinski definition) is 3. The molecule has 9 nitrogen and oxygen atoms in total. The van der Waals surface area contributed by atoms with Gasteiger partial charge in [0.25, 0.3) is 0 Å². The quantitative estimate of drug-likeness (QED) is 0.269. The molecule has 0 aromatic carbocycles. The summed E-state index contributed by atoms with van der Waals surface area (Å²) in [7, 11) is 3.32. The number of nitrogens with one attached hydrogen (secondary N) is 2. The Morgan fingerprint density at radius 2 is 1.60 bits per heavy atom. The van der Waals surface area contributed by atoms with E-state index in [0.29, 0.717) is 12.8 Å². The van der Waals surface area contributed by atoms with Crippen LogP contribution in [0.1, 0.15) is 122 Å². The third-order valence-electron chi connectivity index (χ3n) is 10.8. The highest BCUT2D eigenvalue weighted by Gasteiger charge is 2.43. The third kappa shape index (κ3) is 9.39. The largest absolute Gasteiger partial charge is 0.481 e. The number of carbonyl (C=O) groups is 3. The van der Waals surface area contributed by atoms with Crippen LogP contribution in [0.15, 0.2) is 0 Å². The zero-order valence-electron chi connectivity index (χ0n) is 26.4. The van der Waals surface area contributed by atoms with Gasteiger partial charge in [0, 0.05) is 38.6 Å². The molecular weight excluding hydrogens is 534 g/mol. The number of ether oxygens (including phenoxy) is 2. The van der Waals surface area contributed by atoms with Crippen LogP contribution in [0.5, 0.6) is 0 Å². The molecular formula is C33H57N3O6. The Morgan fingerprint density at radius 1 is 0.929 bits per heavy atom. The van der Waals surface area contributed by atoms with E-state index in [-0.39, 0.29) is 54.9 Å². The van der Waals surface area contributed by atoms with Gasteiger partial charge in [0.2, 0.25) is 11.8 Å². The Balaban J connectivity index is 1.26. The number of methoxy groups -OCH3 is 2. The third-order valence-corrected chi connectivity index (χ3v) is 10.8. The first-order valence-electron chi connectivity index (χ1n) is 16.9. The molecule has 4 fully saturated rings. The first-order chi connectivity index (χ1) is 20.3. The van der Waals surface area contributed by atoms with E-state index in [1.807, 2.05) is 6.92 Å². The number of carbonyl (C=O) groups excluding carboxylic acids is 2. The van der Waals surface area contributed by atoms with E-state index >= 15 is 0 Å². The van der Waals surface area contributed by atoms with Crippen molar-refractivity contribution >= 4 is 17.8 Å². The molecule has 42 heavy (non-hydrogen) atoms. The fraction of sp³-hybridized carbons (Fsp3) is 0.909. The van der Waals surface area contributed by atoms with Crippen molar-refractivity contribution in [2.45, 2.75) is 153 Å². The Kier molecular flexibility index (Phi) is 12.9. The lowest BCUT2D eigenvalue weighted by molar-refractivity contribution is -0.157. The van der Waals surface area contributed by atoms with Crippen LogP contribution in [0.4, 0.5) is 0 Å². The first-order valence-corrected chi connectivity index (χ1v) is 16.9. The second-order valence-corrected chi connectivity index (χ2v) is 13.9. The second-order valence-electron chi connectivity index (χ2n) is 13.9. The van der Waals surface area contributed by atoms with Crippen LogP contribution in [0.2, 0.25) is 0 Å². The summed E-state index contributed by atoms with van der Waals surface area (Å²) in [5.74, 6) is 0.0864. The van der Waals surface area contributed by atoms with Gasteiger partial charge in [-0.1, -0.05) is 51.4 Å². The smallest absolute Gasteiger partial charge is 0.305 e. The second kappa shape index (κ2) is 16.4. The van der Waals surface area contributed by atoms with Gasteiger partial charge >= 0.3 is 5.97 Å². The van der Waals surface area contributed by atoms with E-state index in [4.69, 9.17) is 9.47 Å². The molecule has 0 radical (unpaired) electrons. The van der Waals surface area contributed by atoms with Gasteiger partial charge < -0.3 is 19.9 Å². The first kappa shape index (κ1) is 33.2. The lowest BCUT2D eigenvalue weighted by atomic mass is 9.78. The van der Waals surface area contributed by atoms with Crippen LogP contribution in [0.3, 0.4) is 0 Å². The number of nitrogens with zero attached hydrogens (tertiary/aromatic N) is 1. The highest BCUT2D eigenvalue weighted by atomic mass is 16.5. The summed E-state index contributed by atoms with van der Waals surface area (Å²) in [4.78, 5) is 38.8. The maximum atomic E-state index is 13.7. The number of aliphatic carboxylic acids is 1. The molecule has 4 aliphatic rings. The van der Waals surface area contributed by atoms with E-state index in [1.54, 1.807) is 19.2 Å². The van der Waals surface area contributed by atoms with Crippen LogP contribution in [0.25, 0.3) is 0 Å². The number of carboxylic acids is 1. The Hall–Kier alpha value is -1.71. The average Bonchev–Trinajstić information content (AvgIpc) is 2.98. The van der Waals surface area contributed by atoms with Gasteiger partial charge in [-0.05, 0) is 76.0 Å². The van der Waals surface area contributed by atoms with Crippen molar-refractivity contribution in [2.75, 3.05) is 14.2 Å². The SMILES string of the molecule is COC1CCC([C@H](CC(=O)O)N2NC(C)CC(CC(=O)NC3CCC(CCCC4CCCCC4)CC3)C2=O)CC1OC. The highest BCUT2D eigenvalue weighted by molar-refractivity contribution is 5.86. The van der Waals surface area contributed by atoms with E-state index in [2.05, 4.69) is 10.7 Å². The summed E-state index contributed by atoms with van der Waals surface area (Å²) in [6.07, 6.45) is 18.1. The number of hydrazine groups is 1. The maximum Gasteiger partial charge on any atom is 0.305 e. The van der Waals surface area contributed by atoms with E-state index in [1.165, 1.54) is 64.2 Å². The van der Waals surface area contributed by atoms with Crippen molar-refractivity contribution < 1.29 is 29.0 Å². The molecule has 3 aliphatic carbocycles. The topological polar surface area (TPSA) is 117 Å². The predicted molar refractivity (Wildman–Crippen MR) is 161 cm³/mol. The van der Waals surface area contributed by atoms with Crippen molar-refractivity contribution in [2.24, 2.45) is 23.7 Å². The minimum absolute atomic E-state index is 0.0330. The van der Waals surface area contributed by atoms with Gasteiger partial charge in [0.1, 0.15) is 0 Å². The highest BCUT2D eigenvalue weighted by Crippen LogP contribution is 2.36. The summed E-state index contributed by atoms with van der Waals surface area (Å²) < 4.78 is 11.2. The van der Waals surface area contributed by atoms with Gasteiger partial charge in [0.15, 0.2) is 0 Å². The number of hydrogen-bond acceptors (Lipinski definition) is 6. The van der Waals surface area contributed by atoms with Gasteiger partial charge in [-0.3, -0.25) is 19.4 Å². The van der Waals surface area contributed by atoms with Gasteiger partial charge in [0.05, 0.1) is 24.7 Å². The standard InChI is InChI=1S/C33H57N3O6/c1-22-18-26(20-31(37)34-27-15-12-24(13-16-27)11-7-10-23-8-5-4-6-9-23)33(40)36(35-22)28(21-32(38)39)25-14-17-29(41-2)30(19-25)42-3/h22-30,35H,4-21H2,1-3H3,(H,34,37)(H,38,39)/t22?,24?,25?,26?,27?,28-,29?,30?/m0/s1. The Morgan fingerprint density at radius 3 is 2.24 bits per heavy atom. The number of amides is 2. The van der Waals surface area contributed by atoms with Gasteiger partial charge in [-0.25, -0.2) is 5.43 Å². The van der Waals surface area contributed by atoms with Crippen LogP contribution < -0.4 is 10.7 Å². The molecule has 0 spiro atoms. The minimum Gasteiger partial charge on any atom is -0.481 e. The molecule has 0 aromatic heterocycles. The summed E-state index contributed by atoms with van der Waals surface area (Å²) in [6.45, 7) is 2.00. The zero-order chi connectivity index (χ0) is 30.1. The van der Waals surface area contributed by atoms with Crippen LogP contribution in [-0.4, -0.2) is 72.5 Å². The molecule has 6 atom stereocenters. The van der Waals surface area contributed by atoms with Crippen molar-refractivity contribution in [3.63, 3.8) is 0 Å². The van der Waals surface area contributed by atoms with Crippen molar-refractivity contribution in [3.8, 4) is 0 Å². The lowest BCUT2D eigenvalue weighted by Crippen LogP contribution is -2.62. The molecule has 0 aromatic rings. The van der Waals surface area contributed by atoms with Crippen molar-refractivity contribution in [1.29, 1.82) is 0 Å². The van der Waals surface area contributed by atoms with Gasteiger partial charge in [-0.2, -0.15) is 0 Å². The minimum atomic E-state index is -0.936. The van der Waals surface area contributed by atoms with Crippen LogP contribution in [0, 0.1) is 23.7 Å². The molecule has 240 valence electrons. The molecule has 3 N–H and O–H groups in total. The van der Waals surface area contributed by atoms with Gasteiger partial charge in [-0.15, -0.1) is 0 Å². The summed E-state index contributed by atoms with van der Waals surface area (Å²) >= 11 is 0. The monoisotopic (exact) mass is 591 g/mol. The average molecular weight is 592 g/mol. The maximum absolute atomic E-state index is 13.7. The predicted octanol–water partition coefficient (Wildman–Crippen LogP) is 5.22. The van der Waals surface area contributed by atoms with Crippen molar-refractivity contribution in [1.82, 2.24) is 15.8 Å². The van der Waals surface area contributed by atoms with Crippen molar-refractivity contribution in [3.05, 3.63) is 0 Å². The lowest BCUT2D eigenvalue weighted by Gasteiger charge is -2.46. The molecule has 3 saturated carbocycles. The molecule has 5 unspecified atom stereocenters. The summed E-state index contributed by atoms with van der Waals surface area (Å²) in [5, 5.41) is 14.6. The molecule has 1 aliphatic heterocycles. The van der Waals surface area contributed by atoms with Crippen LogP contribution in [-0.2, 0) is 23.9 Å². The molecule has 1 heterocycles. The fourth-order valence-corrected chi connectivity index (χ4v) is 8.43. The molecule has 0 bridgehead atoms. The summed E-state index contributed by atoms with van der Waals surface area (Å²) in [5.41, 5.74) is 3.27. The van der Waals surface area contributed by atoms with E-state index in [0.717, 1.165) is 37.5 Å². The number of rotatable bonds is 13.